The molecule has 2 rings (SSSR count). The zero-order chi connectivity index (χ0) is 15.2. The van der Waals surface area contributed by atoms with Crippen LogP contribution in [0.2, 0.25) is 0 Å². The maximum Gasteiger partial charge on any atom is 0.274 e. The Hall–Kier alpha value is -2.71. The van der Waals surface area contributed by atoms with E-state index in [4.69, 9.17) is 5.73 Å². The van der Waals surface area contributed by atoms with E-state index >= 15 is 0 Å². The summed E-state index contributed by atoms with van der Waals surface area (Å²) in [6.07, 6.45) is 1.49. The Morgan fingerprint density at radius 3 is 2.81 bits per heavy atom. The number of aryl methyl sites for hydroxylation is 1. The van der Waals surface area contributed by atoms with Crippen LogP contribution in [0.5, 0.6) is 0 Å². The van der Waals surface area contributed by atoms with Crippen LogP contribution in [0.4, 0.5) is 10.1 Å². The SMILES string of the molecule is Cc1cc(F)cc(NC(=O)c2ccc(C#CCN)cn2)c1. The Bertz CT molecular complexity index is 694. The number of nitrogens with zero attached hydrogens (tertiary/aromatic N) is 1. The first kappa shape index (κ1) is 14.7. The molecule has 0 spiro atoms. The topological polar surface area (TPSA) is 68.0 Å². The van der Waals surface area contributed by atoms with Crippen molar-refractivity contribution in [2.75, 3.05) is 11.9 Å². The first-order valence-electron chi connectivity index (χ1n) is 6.32. The molecule has 0 saturated carbocycles. The maximum absolute atomic E-state index is 13.3. The van der Waals surface area contributed by atoms with E-state index in [1.807, 2.05) is 0 Å². The fourth-order valence-corrected chi connectivity index (χ4v) is 1.76. The van der Waals surface area contributed by atoms with Crippen LogP contribution >= 0.6 is 0 Å². The molecule has 0 aliphatic rings. The Labute approximate surface area is 122 Å². The van der Waals surface area contributed by atoms with Crippen molar-refractivity contribution in [3.05, 3.63) is 59.2 Å². The lowest BCUT2D eigenvalue weighted by atomic mass is 10.2. The number of rotatable bonds is 2. The molecule has 0 bridgehead atoms. The Morgan fingerprint density at radius 2 is 2.19 bits per heavy atom. The highest BCUT2D eigenvalue weighted by atomic mass is 19.1. The summed E-state index contributed by atoms with van der Waals surface area (Å²) in [6.45, 7) is 2.02. The van der Waals surface area contributed by atoms with Gasteiger partial charge in [-0.2, -0.15) is 0 Å². The maximum atomic E-state index is 13.3. The molecule has 0 atom stereocenters. The molecule has 0 fully saturated rings. The van der Waals surface area contributed by atoms with E-state index in [1.54, 1.807) is 25.1 Å². The number of pyridine rings is 1. The minimum atomic E-state index is -0.404. The van der Waals surface area contributed by atoms with Crippen molar-refractivity contribution in [1.29, 1.82) is 0 Å². The van der Waals surface area contributed by atoms with E-state index in [2.05, 4.69) is 22.1 Å². The molecule has 21 heavy (non-hydrogen) atoms. The van der Waals surface area contributed by atoms with E-state index in [0.717, 1.165) is 5.56 Å². The molecule has 1 aromatic heterocycles. The summed E-state index contributed by atoms with van der Waals surface area (Å²) in [6, 6.07) is 7.57. The van der Waals surface area contributed by atoms with Crippen LogP contribution in [0, 0.1) is 24.6 Å². The highest BCUT2D eigenvalue weighted by Crippen LogP contribution is 2.14. The van der Waals surface area contributed by atoms with Crippen LogP contribution in [0.15, 0.2) is 36.5 Å². The number of nitrogens with two attached hydrogens (primary N) is 1. The third-order valence-electron chi connectivity index (χ3n) is 2.63. The van der Waals surface area contributed by atoms with Gasteiger partial charge in [0.15, 0.2) is 0 Å². The average molecular weight is 283 g/mol. The van der Waals surface area contributed by atoms with Gasteiger partial charge in [-0.05, 0) is 42.8 Å². The Kier molecular flexibility index (Phi) is 4.64. The predicted molar refractivity (Wildman–Crippen MR) is 79.3 cm³/mol. The average Bonchev–Trinajstić information content (AvgIpc) is 2.44. The monoisotopic (exact) mass is 283 g/mol. The lowest BCUT2D eigenvalue weighted by Crippen LogP contribution is -2.13. The first-order chi connectivity index (χ1) is 10.1. The van der Waals surface area contributed by atoms with Crippen molar-refractivity contribution < 1.29 is 9.18 Å². The number of carbonyl (C=O) groups excluding carboxylic acids is 1. The summed E-state index contributed by atoms with van der Waals surface area (Å²) in [5, 5.41) is 2.61. The number of benzene rings is 1. The van der Waals surface area contributed by atoms with Crippen molar-refractivity contribution in [3.8, 4) is 11.8 Å². The van der Waals surface area contributed by atoms with Crippen molar-refractivity contribution in [3.63, 3.8) is 0 Å². The second kappa shape index (κ2) is 6.64. The molecule has 0 aliphatic heterocycles. The first-order valence-corrected chi connectivity index (χ1v) is 6.32. The van der Waals surface area contributed by atoms with Gasteiger partial charge in [0.25, 0.3) is 5.91 Å². The quantitative estimate of drug-likeness (QED) is 0.829. The lowest BCUT2D eigenvalue weighted by molar-refractivity contribution is 0.102. The molecule has 0 aliphatic carbocycles. The summed E-state index contributed by atoms with van der Waals surface area (Å²) < 4.78 is 13.3. The van der Waals surface area contributed by atoms with Crippen molar-refractivity contribution in [2.45, 2.75) is 6.92 Å². The van der Waals surface area contributed by atoms with Gasteiger partial charge >= 0.3 is 0 Å². The predicted octanol–water partition coefficient (Wildman–Crippen LogP) is 2.09. The number of carbonyl (C=O) groups is 1. The molecule has 0 unspecified atom stereocenters. The molecule has 4 nitrogen and oxygen atoms in total. The lowest BCUT2D eigenvalue weighted by Gasteiger charge is -2.06. The van der Waals surface area contributed by atoms with Gasteiger partial charge in [-0.1, -0.05) is 11.8 Å². The summed E-state index contributed by atoms with van der Waals surface area (Å²) in [4.78, 5) is 16.0. The van der Waals surface area contributed by atoms with Gasteiger partial charge in [0, 0.05) is 17.4 Å². The van der Waals surface area contributed by atoms with Gasteiger partial charge in [0.1, 0.15) is 11.5 Å². The van der Waals surface area contributed by atoms with E-state index < -0.39 is 11.7 Å². The van der Waals surface area contributed by atoms with Crippen molar-refractivity contribution >= 4 is 11.6 Å². The largest absolute Gasteiger partial charge is 0.321 e. The summed E-state index contributed by atoms with van der Waals surface area (Å²) in [5.74, 6) is 4.72. The van der Waals surface area contributed by atoms with E-state index in [-0.39, 0.29) is 12.2 Å². The number of hydrogen-bond donors (Lipinski definition) is 2. The standard InChI is InChI=1S/C16H14FN3O/c1-11-7-13(17)9-14(8-11)20-16(21)15-5-4-12(10-19-15)3-2-6-18/h4-5,7-10H,6,18H2,1H3,(H,20,21). The Balaban J connectivity index is 2.13. The fourth-order valence-electron chi connectivity index (χ4n) is 1.76. The molecular formula is C16H14FN3O. The number of nitrogens with one attached hydrogen (secondary N) is 1. The molecule has 1 heterocycles. The van der Waals surface area contributed by atoms with Gasteiger partial charge < -0.3 is 11.1 Å². The van der Waals surface area contributed by atoms with Gasteiger partial charge in [0.2, 0.25) is 0 Å². The molecule has 0 radical (unpaired) electrons. The summed E-state index contributed by atoms with van der Waals surface area (Å²) in [7, 11) is 0. The van der Waals surface area contributed by atoms with Crippen LogP contribution in [0.3, 0.4) is 0 Å². The molecule has 1 amide bonds. The highest BCUT2D eigenvalue weighted by molar-refractivity contribution is 6.02. The number of anilines is 1. The summed E-state index contributed by atoms with van der Waals surface area (Å²) in [5.41, 5.74) is 7.31. The van der Waals surface area contributed by atoms with Crippen LogP contribution < -0.4 is 11.1 Å². The number of hydrogen-bond acceptors (Lipinski definition) is 3. The van der Waals surface area contributed by atoms with E-state index in [9.17, 15) is 9.18 Å². The van der Waals surface area contributed by atoms with E-state index in [1.165, 1.54) is 18.3 Å². The van der Waals surface area contributed by atoms with Gasteiger partial charge in [-0.3, -0.25) is 4.79 Å². The molecule has 1 aromatic carbocycles. The molecular weight excluding hydrogens is 269 g/mol. The van der Waals surface area contributed by atoms with Crippen LogP contribution in [-0.2, 0) is 0 Å². The second-order valence-electron chi connectivity index (χ2n) is 4.41. The fraction of sp³-hybridized carbons (Fsp3) is 0.125. The Morgan fingerprint density at radius 1 is 1.38 bits per heavy atom. The number of halogens is 1. The van der Waals surface area contributed by atoms with Gasteiger partial charge in [-0.25, -0.2) is 9.37 Å². The van der Waals surface area contributed by atoms with Crippen LogP contribution in [0.25, 0.3) is 0 Å². The number of aromatic nitrogens is 1. The van der Waals surface area contributed by atoms with Crippen molar-refractivity contribution in [2.24, 2.45) is 5.73 Å². The second-order valence-corrected chi connectivity index (χ2v) is 4.41. The molecule has 2 aromatic rings. The minimum absolute atomic E-state index is 0.232. The smallest absolute Gasteiger partial charge is 0.274 e. The number of amides is 1. The normalized spacial score (nSPS) is 9.67. The molecule has 106 valence electrons. The van der Waals surface area contributed by atoms with Crippen LogP contribution in [0.1, 0.15) is 21.6 Å². The van der Waals surface area contributed by atoms with Crippen molar-refractivity contribution in [1.82, 2.24) is 4.98 Å². The minimum Gasteiger partial charge on any atom is -0.321 e. The summed E-state index contributed by atoms with van der Waals surface area (Å²) >= 11 is 0. The molecule has 5 heteroatoms. The van der Waals surface area contributed by atoms with Gasteiger partial charge in [-0.15, -0.1) is 0 Å². The zero-order valence-corrected chi connectivity index (χ0v) is 11.5. The van der Waals surface area contributed by atoms with Gasteiger partial charge in [0.05, 0.1) is 6.54 Å². The third kappa shape index (κ3) is 4.13. The highest BCUT2D eigenvalue weighted by Gasteiger charge is 2.08. The zero-order valence-electron chi connectivity index (χ0n) is 11.5. The van der Waals surface area contributed by atoms with Crippen LogP contribution in [-0.4, -0.2) is 17.4 Å². The molecule has 3 N–H and O–H groups in total. The third-order valence-corrected chi connectivity index (χ3v) is 2.63. The van der Waals surface area contributed by atoms with E-state index in [0.29, 0.717) is 11.3 Å². The molecule has 0 saturated heterocycles.